The maximum Gasteiger partial charge on any atom is 0.343 e. The monoisotopic (exact) mass is 373 g/mol. The molecule has 6 nitrogen and oxygen atoms in total. The van der Waals surface area contributed by atoms with Gasteiger partial charge in [-0.05, 0) is 48.0 Å². The minimum atomic E-state index is -0.641. The zero-order valence-corrected chi connectivity index (χ0v) is 14.6. The molecule has 3 aromatic rings. The molecule has 0 saturated carbocycles. The molecule has 0 aliphatic heterocycles. The summed E-state index contributed by atoms with van der Waals surface area (Å²) >= 11 is 0. The number of hydrogen-bond acceptors (Lipinski definition) is 5. The van der Waals surface area contributed by atoms with Crippen LogP contribution in [0.4, 0.5) is 5.69 Å². The summed E-state index contributed by atoms with van der Waals surface area (Å²) in [5.74, 6) is -0.540. The smallest absolute Gasteiger partial charge is 0.343 e. The van der Waals surface area contributed by atoms with E-state index in [4.69, 9.17) is 4.74 Å². The van der Waals surface area contributed by atoms with E-state index in [1.165, 1.54) is 42.5 Å². The highest BCUT2D eigenvalue weighted by Crippen LogP contribution is 2.17. The molecule has 0 unspecified atom stereocenters. The van der Waals surface area contributed by atoms with Crippen molar-refractivity contribution < 1.29 is 19.2 Å². The van der Waals surface area contributed by atoms with E-state index in [-0.39, 0.29) is 22.8 Å². The van der Waals surface area contributed by atoms with Gasteiger partial charge in [-0.15, -0.1) is 0 Å². The summed E-state index contributed by atoms with van der Waals surface area (Å²) < 4.78 is 5.23. The second-order valence-corrected chi connectivity index (χ2v) is 5.83. The Bertz CT molecular complexity index is 1020. The number of nitro benzene ring substituents is 1. The summed E-state index contributed by atoms with van der Waals surface area (Å²) in [6.45, 7) is 0. The molecule has 0 heterocycles. The summed E-state index contributed by atoms with van der Waals surface area (Å²) in [6.07, 6.45) is 3.21. The quantitative estimate of drug-likeness (QED) is 0.156. The van der Waals surface area contributed by atoms with E-state index in [1.807, 2.05) is 30.3 Å². The standard InChI is InChI=1S/C22H15NO5/c24-21(15-6-16-4-2-1-3-5-16)17-9-13-20(14-10-17)28-22(25)18-7-11-19(12-8-18)23(26)27/h1-15H. The van der Waals surface area contributed by atoms with E-state index in [9.17, 15) is 19.7 Å². The zero-order chi connectivity index (χ0) is 19.9. The highest BCUT2D eigenvalue weighted by atomic mass is 16.6. The maximum atomic E-state index is 12.2. The van der Waals surface area contributed by atoms with Gasteiger partial charge in [-0.3, -0.25) is 14.9 Å². The van der Waals surface area contributed by atoms with Gasteiger partial charge in [-0.2, -0.15) is 0 Å². The van der Waals surface area contributed by atoms with Gasteiger partial charge in [0.05, 0.1) is 10.5 Å². The lowest BCUT2D eigenvalue weighted by Gasteiger charge is -2.05. The molecule has 28 heavy (non-hydrogen) atoms. The molecule has 0 N–H and O–H groups in total. The molecule has 0 radical (unpaired) electrons. The van der Waals surface area contributed by atoms with E-state index in [0.717, 1.165) is 5.56 Å². The van der Waals surface area contributed by atoms with Gasteiger partial charge in [0, 0.05) is 17.7 Å². The predicted octanol–water partition coefficient (Wildman–Crippen LogP) is 4.71. The predicted molar refractivity (Wildman–Crippen MR) is 104 cm³/mol. The van der Waals surface area contributed by atoms with E-state index < -0.39 is 10.9 Å². The number of benzene rings is 3. The average molecular weight is 373 g/mol. The highest BCUT2D eigenvalue weighted by molar-refractivity contribution is 6.06. The van der Waals surface area contributed by atoms with Crippen molar-refractivity contribution in [1.82, 2.24) is 0 Å². The summed E-state index contributed by atoms with van der Waals surface area (Å²) in [6, 6.07) is 20.8. The number of allylic oxidation sites excluding steroid dienone is 1. The Morgan fingerprint density at radius 2 is 1.43 bits per heavy atom. The van der Waals surface area contributed by atoms with Crippen molar-refractivity contribution in [2.45, 2.75) is 0 Å². The number of nitro groups is 1. The molecule has 3 rings (SSSR count). The van der Waals surface area contributed by atoms with Gasteiger partial charge >= 0.3 is 5.97 Å². The van der Waals surface area contributed by atoms with Gasteiger partial charge in [0.1, 0.15) is 5.75 Å². The third-order valence-corrected chi connectivity index (χ3v) is 3.89. The van der Waals surface area contributed by atoms with Crippen molar-refractivity contribution in [3.05, 3.63) is 112 Å². The van der Waals surface area contributed by atoms with Crippen LogP contribution in [0.25, 0.3) is 6.08 Å². The summed E-state index contributed by atoms with van der Waals surface area (Å²) in [5.41, 5.74) is 1.46. The van der Waals surface area contributed by atoms with Crippen LogP contribution in [0.5, 0.6) is 5.75 Å². The SMILES string of the molecule is O=C(C=Cc1ccccc1)c1ccc(OC(=O)c2ccc([N+](=O)[O-])cc2)cc1. The van der Waals surface area contributed by atoms with Crippen molar-refractivity contribution >= 4 is 23.5 Å². The molecule has 0 amide bonds. The number of esters is 1. The zero-order valence-electron chi connectivity index (χ0n) is 14.6. The van der Waals surface area contributed by atoms with Crippen LogP contribution in [0.3, 0.4) is 0 Å². The van der Waals surface area contributed by atoms with E-state index in [1.54, 1.807) is 18.2 Å². The van der Waals surface area contributed by atoms with Gasteiger partial charge in [-0.25, -0.2) is 4.79 Å². The molecule has 0 aliphatic carbocycles. The van der Waals surface area contributed by atoms with Crippen molar-refractivity contribution in [3.63, 3.8) is 0 Å². The normalized spacial score (nSPS) is 10.6. The fourth-order valence-corrected chi connectivity index (χ4v) is 2.40. The minimum absolute atomic E-state index is 0.108. The Kier molecular flexibility index (Phi) is 5.72. The van der Waals surface area contributed by atoms with E-state index in [0.29, 0.717) is 5.56 Å². The molecule has 3 aromatic carbocycles. The van der Waals surface area contributed by atoms with Gasteiger partial charge < -0.3 is 4.74 Å². The van der Waals surface area contributed by atoms with Crippen LogP contribution >= 0.6 is 0 Å². The molecule has 0 aromatic heterocycles. The third kappa shape index (κ3) is 4.76. The first-order valence-corrected chi connectivity index (χ1v) is 8.37. The molecule has 0 saturated heterocycles. The lowest BCUT2D eigenvalue weighted by molar-refractivity contribution is -0.384. The van der Waals surface area contributed by atoms with Crippen LogP contribution in [0.15, 0.2) is 84.9 Å². The number of nitrogens with zero attached hydrogens (tertiary/aromatic N) is 1. The second-order valence-electron chi connectivity index (χ2n) is 5.83. The number of rotatable bonds is 6. The van der Waals surface area contributed by atoms with Gasteiger partial charge in [-0.1, -0.05) is 36.4 Å². The first-order chi connectivity index (χ1) is 13.5. The molecule has 0 spiro atoms. The molecule has 0 aliphatic rings. The number of hydrogen-bond donors (Lipinski definition) is 0. The molecular weight excluding hydrogens is 358 g/mol. The third-order valence-electron chi connectivity index (χ3n) is 3.89. The van der Waals surface area contributed by atoms with Crippen LogP contribution in [0, 0.1) is 10.1 Å². The largest absolute Gasteiger partial charge is 0.423 e. The van der Waals surface area contributed by atoms with Crippen molar-refractivity contribution in [2.24, 2.45) is 0 Å². The lowest BCUT2D eigenvalue weighted by Crippen LogP contribution is -2.08. The number of carbonyl (C=O) groups excluding carboxylic acids is 2. The molecule has 0 atom stereocenters. The summed E-state index contributed by atoms with van der Waals surface area (Å²) in [5, 5.41) is 10.6. The first kappa shape index (κ1) is 18.7. The second kappa shape index (κ2) is 8.55. The minimum Gasteiger partial charge on any atom is -0.423 e. The Labute approximate surface area is 160 Å². The Morgan fingerprint density at radius 1 is 0.821 bits per heavy atom. The Hall–Kier alpha value is -4.06. The van der Waals surface area contributed by atoms with Crippen molar-refractivity contribution in [1.29, 1.82) is 0 Å². The van der Waals surface area contributed by atoms with E-state index >= 15 is 0 Å². The Morgan fingerprint density at radius 3 is 2.04 bits per heavy atom. The van der Waals surface area contributed by atoms with Crippen molar-refractivity contribution in [3.8, 4) is 5.75 Å². The molecule has 0 bridgehead atoms. The fourth-order valence-electron chi connectivity index (χ4n) is 2.40. The number of non-ortho nitro benzene ring substituents is 1. The first-order valence-electron chi connectivity index (χ1n) is 8.37. The molecule has 6 heteroatoms. The highest BCUT2D eigenvalue weighted by Gasteiger charge is 2.12. The van der Waals surface area contributed by atoms with Crippen LogP contribution in [0.1, 0.15) is 26.3 Å². The van der Waals surface area contributed by atoms with E-state index in [2.05, 4.69) is 0 Å². The molecular formula is C22H15NO5. The number of ether oxygens (including phenoxy) is 1. The summed E-state index contributed by atoms with van der Waals surface area (Å²) in [4.78, 5) is 34.4. The molecule has 0 fully saturated rings. The topological polar surface area (TPSA) is 86.5 Å². The van der Waals surface area contributed by atoms with Gasteiger partial charge in [0.15, 0.2) is 5.78 Å². The van der Waals surface area contributed by atoms with Crippen molar-refractivity contribution in [2.75, 3.05) is 0 Å². The molecule has 138 valence electrons. The fraction of sp³-hybridized carbons (Fsp3) is 0. The average Bonchev–Trinajstić information content (AvgIpc) is 2.73. The van der Waals surface area contributed by atoms with Crippen LogP contribution in [-0.2, 0) is 0 Å². The van der Waals surface area contributed by atoms with Crippen LogP contribution in [-0.4, -0.2) is 16.7 Å². The Balaban J connectivity index is 1.63. The maximum absolute atomic E-state index is 12.2. The van der Waals surface area contributed by atoms with Gasteiger partial charge in [0.25, 0.3) is 5.69 Å². The summed E-state index contributed by atoms with van der Waals surface area (Å²) in [7, 11) is 0. The number of ketones is 1. The van der Waals surface area contributed by atoms with Crippen LogP contribution < -0.4 is 4.74 Å². The lowest BCUT2D eigenvalue weighted by atomic mass is 10.1. The van der Waals surface area contributed by atoms with Crippen LogP contribution in [0.2, 0.25) is 0 Å². The van der Waals surface area contributed by atoms with Gasteiger partial charge in [0.2, 0.25) is 0 Å². The number of carbonyl (C=O) groups is 2.